The topological polar surface area (TPSA) is 39.2 Å². The highest BCUT2D eigenvalue weighted by Crippen LogP contribution is 2.36. The van der Waals surface area contributed by atoms with Gasteiger partial charge in [-0.15, -0.1) is 0 Å². The van der Waals surface area contributed by atoms with Gasteiger partial charge in [-0.3, -0.25) is 9.78 Å². The van der Waals surface area contributed by atoms with Crippen LogP contribution in [0.1, 0.15) is 5.56 Å². The number of fused-ring (bicyclic) bond motifs is 3. The first-order chi connectivity index (χ1) is 8.29. The Hall–Kier alpha value is -1.39. The van der Waals surface area contributed by atoms with Crippen molar-refractivity contribution in [3.8, 4) is 0 Å². The lowest BCUT2D eigenvalue weighted by molar-refractivity contribution is -0.123. The van der Waals surface area contributed by atoms with E-state index in [1.807, 2.05) is 30.5 Å². The van der Waals surface area contributed by atoms with Crippen LogP contribution in [0.3, 0.4) is 0 Å². The number of para-hydroxylation sites is 1. The standard InChI is InChI=1S/C13H11NO2S/c1-16-13-11(15)6-9-8-4-2-3-5-10(8)14-7-12(9)17-13/h2-5,7,13H,6H2,1H3. The molecule has 1 atom stereocenters. The fraction of sp³-hybridized carbons (Fsp3) is 0.231. The van der Waals surface area contributed by atoms with Gasteiger partial charge in [0.15, 0.2) is 11.2 Å². The second-order valence-electron chi connectivity index (χ2n) is 3.95. The van der Waals surface area contributed by atoms with E-state index in [4.69, 9.17) is 4.74 Å². The fourth-order valence-electron chi connectivity index (χ4n) is 2.08. The van der Waals surface area contributed by atoms with Crippen LogP contribution in [0.4, 0.5) is 0 Å². The lowest BCUT2D eigenvalue weighted by atomic mass is 10.0. The van der Waals surface area contributed by atoms with Crippen LogP contribution in [-0.2, 0) is 16.0 Å². The molecule has 1 unspecified atom stereocenters. The molecule has 1 aromatic heterocycles. The monoisotopic (exact) mass is 245 g/mol. The molecule has 0 aliphatic carbocycles. The predicted molar refractivity (Wildman–Crippen MR) is 67.1 cm³/mol. The number of aromatic nitrogens is 1. The zero-order valence-electron chi connectivity index (χ0n) is 9.34. The Balaban J connectivity index is 2.18. The summed E-state index contributed by atoms with van der Waals surface area (Å²) in [4.78, 5) is 17.3. The van der Waals surface area contributed by atoms with E-state index in [0.717, 1.165) is 21.4 Å². The van der Waals surface area contributed by atoms with Gasteiger partial charge >= 0.3 is 0 Å². The number of hydrogen-bond donors (Lipinski definition) is 0. The molecule has 2 aromatic rings. The van der Waals surface area contributed by atoms with Crippen molar-refractivity contribution in [2.45, 2.75) is 16.8 Å². The maximum Gasteiger partial charge on any atom is 0.176 e. The van der Waals surface area contributed by atoms with Gasteiger partial charge in [-0.1, -0.05) is 30.0 Å². The van der Waals surface area contributed by atoms with Crippen molar-refractivity contribution < 1.29 is 9.53 Å². The Morgan fingerprint density at radius 3 is 3.06 bits per heavy atom. The van der Waals surface area contributed by atoms with E-state index in [2.05, 4.69) is 4.98 Å². The summed E-state index contributed by atoms with van der Waals surface area (Å²) in [5.74, 6) is 0.126. The van der Waals surface area contributed by atoms with Gasteiger partial charge < -0.3 is 4.74 Å². The number of nitrogens with zero attached hydrogens (tertiary/aromatic N) is 1. The SMILES string of the molecule is COC1Sc2cnc3ccccc3c2CC1=O. The van der Waals surface area contributed by atoms with E-state index >= 15 is 0 Å². The number of ether oxygens (including phenoxy) is 1. The minimum Gasteiger partial charge on any atom is -0.363 e. The molecule has 0 fully saturated rings. The number of ketones is 1. The molecule has 3 rings (SSSR count). The number of pyridine rings is 1. The van der Waals surface area contributed by atoms with Crippen LogP contribution in [0, 0.1) is 0 Å². The summed E-state index contributed by atoms with van der Waals surface area (Å²) in [7, 11) is 1.56. The quantitative estimate of drug-likeness (QED) is 0.773. The summed E-state index contributed by atoms with van der Waals surface area (Å²) in [6, 6.07) is 7.91. The van der Waals surface area contributed by atoms with Gasteiger partial charge in [0.2, 0.25) is 0 Å². The van der Waals surface area contributed by atoms with Gasteiger partial charge in [0.05, 0.1) is 5.52 Å². The molecule has 86 valence electrons. The molecule has 4 heteroatoms. The normalized spacial score (nSPS) is 19.4. The number of methoxy groups -OCH3 is 1. The molecule has 1 aromatic carbocycles. The highest BCUT2D eigenvalue weighted by molar-refractivity contribution is 8.00. The molecular formula is C13H11NO2S. The maximum absolute atomic E-state index is 11.9. The van der Waals surface area contributed by atoms with Crippen molar-refractivity contribution in [3.05, 3.63) is 36.0 Å². The average molecular weight is 245 g/mol. The zero-order valence-corrected chi connectivity index (χ0v) is 10.2. The van der Waals surface area contributed by atoms with Crippen LogP contribution in [-0.4, -0.2) is 23.3 Å². The van der Waals surface area contributed by atoms with Gasteiger partial charge in [-0.2, -0.15) is 0 Å². The molecule has 0 saturated carbocycles. The van der Waals surface area contributed by atoms with E-state index < -0.39 is 0 Å². The van der Waals surface area contributed by atoms with E-state index in [0.29, 0.717) is 6.42 Å². The molecule has 0 radical (unpaired) electrons. The van der Waals surface area contributed by atoms with Crippen molar-refractivity contribution in [3.63, 3.8) is 0 Å². The molecule has 1 aliphatic rings. The predicted octanol–water partition coefficient (Wildman–Crippen LogP) is 2.42. The summed E-state index contributed by atoms with van der Waals surface area (Å²) in [5.41, 5.74) is 1.64. The molecule has 1 aliphatic heterocycles. The molecule has 0 amide bonds. The van der Waals surface area contributed by atoms with Crippen LogP contribution in [0.2, 0.25) is 0 Å². The number of rotatable bonds is 1. The molecule has 17 heavy (non-hydrogen) atoms. The first-order valence-electron chi connectivity index (χ1n) is 5.38. The van der Waals surface area contributed by atoms with Crippen molar-refractivity contribution in [1.29, 1.82) is 0 Å². The van der Waals surface area contributed by atoms with E-state index in [9.17, 15) is 4.79 Å². The first kappa shape index (κ1) is 10.7. The smallest absolute Gasteiger partial charge is 0.176 e. The number of benzene rings is 1. The van der Waals surface area contributed by atoms with E-state index in [1.165, 1.54) is 11.8 Å². The summed E-state index contributed by atoms with van der Waals surface area (Å²) in [6.45, 7) is 0. The van der Waals surface area contributed by atoms with E-state index in [-0.39, 0.29) is 11.2 Å². The third kappa shape index (κ3) is 1.73. The van der Waals surface area contributed by atoms with Crippen molar-refractivity contribution >= 4 is 28.4 Å². The zero-order chi connectivity index (χ0) is 11.8. The number of Topliss-reactive ketones (excluding diaryl/α,β-unsaturated/α-hetero) is 1. The van der Waals surface area contributed by atoms with Crippen LogP contribution in [0.25, 0.3) is 10.9 Å². The van der Waals surface area contributed by atoms with Crippen LogP contribution in [0.15, 0.2) is 35.4 Å². The van der Waals surface area contributed by atoms with Crippen LogP contribution < -0.4 is 0 Å². The molecule has 0 bridgehead atoms. The van der Waals surface area contributed by atoms with Gasteiger partial charge in [0.1, 0.15) is 0 Å². The Bertz CT molecular complexity index is 597. The Morgan fingerprint density at radius 1 is 1.41 bits per heavy atom. The lowest BCUT2D eigenvalue weighted by Gasteiger charge is -2.22. The Labute approximate surface area is 103 Å². The molecule has 0 spiro atoms. The lowest BCUT2D eigenvalue weighted by Crippen LogP contribution is -2.25. The third-order valence-electron chi connectivity index (χ3n) is 2.91. The highest BCUT2D eigenvalue weighted by Gasteiger charge is 2.28. The van der Waals surface area contributed by atoms with Crippen molar-refractivity contribution in [2.75, 3.05) is 7.11 Å². The van der Waals surface area contributed by atoms with Crippen molar-refractivity contribution in [2.24, 2.45) is 0 Å². The minimum atomic E-state index is -0.384. The molecular weight excluding hydrogens is 234 g/mol. The van der Waals surface area contributed by atoms with Crippen molar-refractivity contribution in [1.82, 2.24) is 4.98 Å². The molecule has 0 N–H and O–H groups in total. The number of hydrogen-bond acceptors (Lipinski definition) is 4. The van der Waals surface area contributed by atoms with Gasteiger partial charge in [0, 0.05) is 30.0 Å². The second-order valence-corrected chi connectivity index (χ2v) is 5.05. The van der Waals surface area contributed by atoms with Crippen LogP contribution >= 0.6 is 11.8 Å². The summed E-state index contributed by atoms with van der Waals surface area (Å²) in [5, 5.41) is 1.07. The summed E-state index contributed by atoms with van der Waals surface area (Å²) in [6.07, 6.45) is 2.27. The summed E-state index contributed by atoms with van der Waals surface area (Å²) < 4.78 is 5.16. The minimum absolute atomic E-state index is 0.126. The van der Waals surface area contributed by atoms with Gasteiger partial charge in [-0.05, 0) is 11.6 Å². The number of thioether (sulfide) groups is 1. The molecule has 3 nitrogen and oxygen atoms in total. The van der Waals surface area contributed by atoms with Crippen LogP contribution in [0.5, 0.6) is 0 Å². The largest absolute Gasteiger partial charge is 0.363 e. The van der Waals surface area contributed by atoms with Gasteiger partial charge in [0.25, 0.3) is 0 Å². The average Bonchev–Trinajstić information content (AvgIpc) is 2.38. The van der Waals surface area contributed by atoms with E-state index in [1.54, 1.807) is 7.11 Å². The number of carbonyl (C=O) groups is 1. The molecule has 0 saturated heterocycles. The highest BCUT2D eigenvalue weighted by atomic mass is 32.2. The number of carbonyl (C=O) groups excluding carboxylic acids is 1. The fourth-order valence-corrected chi connectivity index (χ4v) is 3.06. The Morgan fingerprint density at radius 2 is 2.24 bits per heavy atom. The first-order valence-corrected chi connectivity index (χ1v) is 6.26. The van der Waals surface area contributed by atoms with Gasteiger partial charge in [-0.25, -0.2) is 0 Å². The maximum atomic E-state index is 11.9. The molecule has 2 heterocycles. The third-order valence-corrected chi connectivity index (χ3v) is 4.18. The summed E-state index contributed by atoms with van der Waals surface area (Å²) >= 11 is 1.45. The Kier molecular flexibility index (Phi) is 2.61. The second kappa shape index (κ2) is 4.13.